The molecule has 10 heteroatoms. The smallest absolute Gasteiger partial charge is 0.419 e. The number of ether oxygens (including phenoxy) is 2. The number of carbonyl (C=O) groups is 2. The van der Waals surface area contributed by atoms with Crippen molar-refractivity contribution in [3.63, 3.8) is 0 Å². The predicted molar refractivity (Wildman–Crippen MR) is 131 cm³/mol. The van der Waals surface area contributed by atoms with Crippen molar-refractivity contribution in [2.45, 2.75) is 26.4 Å². The maximum absolute atomic E-state index is 13.8. The van der Waals surface area contributed by atoms with Gasteiger partial charge in [0.1, 0.15) is 22.5 Å². The first-order chi connectivity index (χ1) is 17.1. The van der Waals surface area contributed by atoms with Gasteiger partial charge in [-0.15, -0.1) is 10.2 Å². The molecule has 3 aromatic heterocycles. The van der Waals surface area contributed by atoms with Gasteiger partial charge in [-0.1, -0.05) is 6.07 Å². The van der Waals surface area contributed by atoms with E-state index in [1.54, 1.807) is 69.4 Å². The molecule has 36 heavy (non-hydrogen) atoms. The van der Waals surface area contributed by atoms with Crippen LogP contribution in [-0.2, 0) is 9.47 Å². The number of pyridine rings is 1. The first kappa shape index (κ1) is 23.2. The van der Waals surface area contributed by atoms with Crippen molar-refractivity contribution in [3.05, 3.63) is 72.2 Å². The van der Waals surface area contributed by atoms with Crippen molar-refractivity contribution in [3.8, 4) is 17.1 Å². The van der Waals surface area contributed by atoms with E-state index in [4.69, 9.17) is 14.5 Å². The zero-order valence-corrected chi connectivity index (χ0v) is 20.0. The number of halogens is 1. The number of hydrogen-bond donors (Lipinski definition) is 0. The molecule has 0 amide bonds. The third-order valence-corrected chi connectivity index (χ3v) is 5.37. The van der Waals surface area contributed by atoms with Crippen LogP contribution in [0.2, 0.25) is 0 Å². The molecule has 9 nitrogen and oxygen atoms in total. The first-order valence-electron chi connectivity index (χ1n) is 11.1. The van der Waals surface area contributed by atoms with Crippen molar-refractivity contribution in [1.29, 1.82) is 0 Å². The minimum Gasteiger partial charge on any atom is -0.465 e. The number of aromatic nitrogens is 5. The first-order valence-corrected chi connectivity index (χ1v) is 11.1. The molecular weight excluding hydrogens is 465 g/mol. The summed E-state index contributed by atoms with van der Waals surface area (Å²) in [6.45, 7) is 5.33. The highest BCUT2D eigenvalue weighted by atomic mass is 19.1. The average molecular weight is 487 g/mol. The molecule has 0 unspecified atom stereocenters. The fraction of sp³-hybridized carbons (Fsp3) is 0.192. The van der Waals surface area contributed by atoms with Crippen molar-refractivity contribution in [2.24, 2.45) is 0 Å². The number of nitrogens with zero attached hydrogens (tertiary/aromatic N) is 5. The summed E-state index contributed by atoms with van der Waals surface area (Å²) in [6.07, 6.45) is 0.999. The van der Waals surface area contributed by atoms with Gasteiger partial charge in [-0.25, -0.2) is 19.0 Å². The van der Waals surface area contributed by atoms with E-state index >= 15 is 0 Å². The maximum atomic E-state index is 13.8. The van der Waals surface area contributed by atoms with Gasteiger partial charge >= 0.3 is 12.1 Å². The summed E-state index contributed by atoms with van der Waals surface area (Å²) >= 11 is 0. The third kappa shape index (κ3) is 4.17. The lowest BCUT2D eigenvalue weighted by atomic mass is 10.0. The molecule has 0 aliphatic rings. The van der Waals surface area contributed by atoms with E-state index in [0.29, 0.717) is 39.0 Å². The molecule has 0 aliphatic heterocycles. The average Bonchev–Trinajstić information content (AvgIpc) is 3.49. The fourth-order valence-corrected chi connectivity index (χ4v) is 3.88. The zero-order chi connectivity index (χ0) is 25.6. The quantitative estimate of drug-likeness (QED) is 0.325. The van der Waals surface area contributed by atoms with Gasteiger partial charge in [0.15, 0.2) is 0 Å². The largest absolute Gasteiger partial charge is 0.465 e. The van der Waals surface area contributed by atoms with Crippen molar-refractivity contribution in [2.75, 3.05) is 7.11 Å². The maximum Gasteiger partial charge on any atom is 0.419 e. The lowest BCUT2D eigenvalue weighted by Crippen LogP contribution is -2.27. The SMILES string of the molecule is COC(=O)c1cc(-c2cccn2C(=O)OC(C)(C)C)nc2ccc3nn(-c4cccc(F)c4)nc3c12. The predicted octanol–water partition coefficient (Wildman–Crippen LogP) is 5.15. The molecule has 5 aromatic rings. The summed E-state index contributed by atoms with van der Waals surface area (Å²) < 4.78 is 25.6. The lowest BCUT2D eigenvalue weighted by Gasteiger charge is -2.20. The van der Waals surface area contributed by atoms with Gasteiger partial charge in [0.05, 0.1) is 35.3 Å². The summed E-state index contributed by atoms with van der Waals surface area (Å²) in [7, 11) is 1.28. The highest BCUT2D eigenvalue weighted by molar-refractivity contribution is 6.14. The Morgan fingerprint density at radius 2 is 1.75 bits per heavy atom. The van der Waals surface area contributed by atoms with Crippen LogP contribution in [0.4, 0.5) is 9.18 Å². The highest BCUT2D eigenvalue weighted by Gasteiger charge is 2.23. The minimum atomic E-state index is -0.689. The van der Waals surface area contributed by atoms with Crippen molar-refractivity contribution < 1.29 is 23.5 Å². The number of carbonyl (C=O) groups excluding carboxylic acids is 2. The highest BCUT2D eigenvalue weighted by Crippen LogP contribution is 2.31. The van der Waals surface area contributed by atoms with E-state index in [0.717, 1.165) is 0 Å². The molecule has 3 heterocycles. The van der Waals surface area contributed by atoms with Crippen LogP contribution in [0, 0.1) is 5.82 Å². The summed E-state index contributed by atoms with van der Waals surface area (Å²) in [5.41, 5.74) is 2.09. The van der Waals surface area contributed by atoms with Gasteiger partial charge in [0.25, 0.3) is 0 Å². The van der Waals surface area contributed by atoms with Crippen LogP contribution in [0.1, 0.15) is 31.1 Å². The number of rotatable bonds is 3. The van der Waals surface area contributed by atoms with Crippen LogP contribution in [0.15, 0.2) is 60.8 Å². The number of fused-ring (bicyclic) bond motifs is 3. The van der Waals surface area contributed by atoms with Crippen LogP contribution in [0.25, 0.3) is 39.0 Å². The van der Waals surface area contributed by atoms with E-state index in [9.17, 15) is 14.0 Å². The lowest BCUT2D eigenvalue weighted by molar-refractivity contribution is 0.0539. The number of hydrogen-bond acceptors (Lipinski definition) is 7. The standard InChI is InChI=1S/C26H22FN5O4/c1-26(2,3)36-25(34)31-12-6-9-21(31)20-14-17(24(33)35-4)22-18(28-20)10-11-19-23(22)30-32(29-19)16-8-5-7-15(27)13-16/h5-14H,1-4H3. The van der Waals surface area contributed by atoms with Crippen LogP contribution < -0.4 is 0 Å². The number of benzene rings is 2. The second kappa shape index (κ2) is 8.56. The summed E-state index contributed by atoms with van der Waals surface area (Å²) in [4.78, 5) is 31.6. The summed E-state index contributed by atoms with van der Waals surface area (Å²) in [5, 5.41) is 9.39. The molecule has 0 fully saturated rings. The molecule has 0 N–H and O–H groups in total. The molecule has 182 valence electrons. The normalized spacial score (nSPS) is 11.7. The third-order valence-electron chi connectivity index (χ3n) is 5.37. The molecule has 5 rings (SSSR count). The Morgan fingerprint density at radius 3 is 2.47 bits per heavy atom. The van der Waals surface area contributed by atoms with E-state index in [1.807, 2.05) is 0 Å². The van der Waals surface area contributed by atoms with E-state index in [1.165, 1.54) is 28.6 Å². The van der Waals surface area contributed by atoms with Crippen LogP contribution in [0.3, 0.4) is 0 Å². The Bertz CT molecular complexity index is 1650. The number of esters is 1. The van der Waals surface area contributed by atoms with Crippen LogP contribution in [0.5, 0.6) is 0 Å². The van der Waals surface area contributed by atoms with Crippen molar-refractivity contribution >= 4 is 34.0 Å². The van der Waals surface area contributed by atoms with Gasteiger partial charge in [-0.05, 0) is 63.2 Å². The van der Waals surface area contributed by atoms with E-state index in [2.05, 4.69) is 10.2 Å². The van der Waals surface area contributed by atoms with Gasteiger partial charge in [0, 0.05) is 17.6 Å². The van der Waals surface area contributed by atoms with Gasteiger partial charge < -0.3 is 9.47 Å². The zero-order valence-electron chi connectivity index (χ0n) is 20.0. The van der Waals surface area contributed by atoms with Crippen molar-refractivity contribution in [1.82, 2.24) is 24.5 Å². The number of methoxy groups -OCH3 is 1. The molecular formula is C26H22FN5O4. The van der Waals surface area contributed by atoms with E-state index < -0.39 is 23.5 Å². The molecule has 0 bridgehead atoms. The second-order valence-corrected chi connectivity index (χ2v) is 9.09. The molecule has 0 radical (unpaired) electrons. The Hall–Kier alpha value is -4.60. The Kier molecular flexibility index (Phi) is 5.51. The fourth-order valence-electron chi connectivity index (χ4n) is 3.88. The van der Waals surface area contributed by atoms with Gasteiger partial charge in [0.2, 0.25) is 0 Å². The topological polar surface area (TPSA) is 101 Å². The molecule has 0 aliphatic carbocycles. The molecule has 0 saturated heterocycles. The van der Waals surface area contributed by atoms with E-state index in [-0.39, 0.29) is 5.56 Å². The Labute approximate surface area is 205 Å². The van der Waals surface area contributed by atoms with Gasteiger partial charge in [-0.3, -0.25) is 4.57 Å². The second-order valence-electron chi connectivity index (χ2n) is 9.09. The van der Waals surface area contributed by atoms with Crippen LogP contribution >= 0.6 is 0 Å². The Morgan fingerprint density at radius 1 is 0.972 bits per heavy atom. The minimum absolute atomic E-state index is 0.200. The molecule has 2 aromatic carbocycles. The van der Waals surface area contributed by atoms with Gasteiger partial charge in [-0.2, -0.15) is 4.80 Å². The Balaban J connectivity index is 1.71. The monoisotopic (exact) mass is 487 g/mol. The van der Waals surface area contributed by atoms with Crippen LogP contribution in [-0.4, -0.2) is 49.3 Å². The summed E-state index contributed by atoms with van der Waals surface area (Å²) in [5.74, 6) is -1.03. The molecule has 0 saturated carbocycles. The summed E-state index contributed by atoms with van der Waals surface area (Å²) in [6, 6.07) is 14.2. The molecule has 0 atom stereocenters. The molecule has 0 spiro atoms.